The third-order valence-corrected chi connectivity index (χ3v) is 5.78. The summed E-state index contributed by atoms with van der Waals surface area (Å²) in [4.78, 5) is 51.0. The maximum absolute atomic E-state index is 12.9. The number of ketones is 1. The summed E-state index contributed by atoms with van der Waals surface area (Å²) in [7, 11) is 1.25. The first-order valence-corrected chi connectivity index (χ1v) is 11.2. The van der Waals surface area contributed by atoms with Crippen LogP contribution >= 0.6 is 0 Å². The number of carbonyl (C=O) groups excluding carboxylic acids is 2. The first kappa shape index (κ1) is 24.5. The van der Waals surface area contributed by atoms with E-state index in [-0.39, 0.29) is 18.1 Å². The van der Waals surface area contributed by atoms with E-state index in [1.807, 2.05) is 13.0 Å². The molecule has 0 amide bonds. The van der Waals surface area contributed by atoms with E-state index >= 15 is 0 Å². The van der Waals surface area contributed by atoms with Gasteiger partial charge in [-0.1, -0.05) is 30.3 Å². The summed E-state index contributed by atoms with van der Waals surface area (Å²) < 4.78 is 18.2. The molecule has 0 fully saturated rings. The molecule has 10 heteroatoms. The maximum atomic E-state index is 12.9. The number of fused-ring (bicyclic) bond motifs is 1. The summed E-state index contributed by atoms with van der Waals surface area (Å²) in [6, 6.07) is 14.1. The lowest BCUT2D eigenvalue weighted by molar-refractivity contribution is 0.0444. The number of nitrogens with two attached hydrogens (primary N) is 1. The Labute approximate surface area is 205 Å². The van der Waals surface area contributed by atoms with Crippen molar-refractivity contribution in [1.29, 1.82) is 0 Å². The predicted octanol–water partition coefficient (Wildman–Crippen LogP) is 2.67. The first-order chi connectivity index (χ1) is 17.2. The largest absolute Gasteiger partial charge is 0.494 e. The van der Waals surface area contributed by atoms with E-state index in [0.717, 1.165) is 14.7 Å². The molecule has 2 aromatic carbocycles. The molecule has 0 aliphatic rings. The number of aryl methyl sites for hydroxylation is 1. The average Bonchev–Trinajstić information content (AvgIpc) is 3.20. The number of benzene rings is 2. The number of nitrogen functional groups attached to an aromatic ring is 1. The van der Waals surface area contributed by atoms with Crippen molar-refractivity contribution in [3.8, 4) is 5.75 Å². The lowest BCUT2D eigenvalue weighted by Crippen LogP contribution is -2.43. The van der Waals surface area contributed by atoms with Gasteiger partial charge in [0.2, 0.25) is 11.5 Å². The maximum Gasteiger partial charge on any atom is 0.375 e. The summed E-state index contributed by atoms with van der Waals surface area (Å²) in [6.45, 7) is 3.33. The number of carbonyl (C=O) groups is 2. The average molecular weight is 492 g/mol. The monoisotopic (exact) mass is 491 g/mol. The summed E-state index contributed by atoms with van der Waals surface area (Å²) in [5, 5.41) is 0.672. The second kappa shape index (κ2) is 9.95. The number of hydrogen-bond donors (Lipinski definition) is 1. The fraction of sp³-hybridized carbons (Fsp3) is 0.231. The quantitative estimate of drug-likeness (QED) is 0.294. The number of nitrogens with zero attached hydrogens (tertiary/aromatic N) is 2. The SMILES string of the molecule is CCOc1ccc2oc(C(=O)OCC(=O)c3c(N)n(Cc4ccccc4)c(=O)n(C)c3=O)c(C)c2c1. The summed E-state index contributed by atoms with van der Waals surface area (Å²) >= 11 is 0. The van der Waals surface area contributed by atoms with E-state index in [9.17, 15) is 19.2 Å². The summed E-state index contributed by atoms with van der Waals surface area (Å²) in [5.74, 6) is -1.45. The minimum absolute atomic E-state index is 0.0572. The summed E-state index contributed by atoms with van der Waals surface area (Å²) in [5.41, 5.74) is 5.86. The number of rotatable bonds is 8. The van der Waals surface area contributed by atoms with E-state index in [1.54, 1.807) is 49.4 Å². The fourth-order valence-corrected chi connectivity index (χ4v) is 3.88. The van der Waals surface area contributed by atoms with Crippen LogP contribution in [0, 0.1) is 6.92 Å². The predicted molar refractivity (Wildman–Crippen MR) is 133 cm³/mol. The van der Waals surface area contributed by atoms with E-state index in [2.05, 4.69) is 0 Å². The van der Waals surface area contributed by atoms with Gasteiger partial charge in [-0.15, -0.1) is 0 Å². The van der Waals surface area contributed by atoms with Gasteiger partial charge >= 0.3 is 11.7 Å². The highest BCUT2D eigenvalue weighted by Gasteiger charge is 2.25. The van der Waals surface area contributed by atoms with Crippen molar-refractivity contribution in [1.82, 2.24) is 9.13 Å². The third kappa shape index (κ3) is 4.52. The molecular weight excluding hydrogens is 466 g/mol. The lowest BCUT2D eigenvalue weighted by atomic mass is 10.1. The zero-order valence-electron chi connectivity index (χ0n) is 20.1. The number of hydrogen-bond acceptors (Lipinski definition) is 8. The van der Waals surface area contributed by atoms with Crippen molar-refractivity contribution in [3.05, 3.63) is 91.8 Å². The Hall–Kier alpha value is -4.60. The Kier molecular flexibility index (Phi) is 6.77. The topological polar surface area (TPSA) is 136 Å². The number of ether oxygens (including phenoxy) is 2. The molecule has 4 aromatic rings. The second-order valence-corrected chi connectivity index (χ2v) is 8.13. The van der Waals surface area contributed by atoms with Crippen molar-refractivity contribution in [2.75, 3.05) is 18.9 Å². The molecule has 2 aromatic heterocycles. The minimum Gasteiger partial charge on any atom is -0.494 e. The normalized spacial score (nSPS) is 11.0. The van der Waals surface area contributed by atoms with Crippen LogP contribution in [0.1, 0.15) is 39.0 Å². The van der Waals surface area contributed by atoms with Crippen LogP contribution in [0.2, 0.25) is 0 Å². The zero-order valence-corrected chi connectivity index (χ0v) is 20.1. The first-order valence-electron chi connectivity index (χ1n) is 11.2. The molecule has 36 heavy (non-hydrogen) atoms. The van der Waals surface area contributed by atoms with Gasteiger partial charge in [-0.25, -0.2) is 9.59 Å². The third-order valence-electron chi connectivity index (χ3n) is 5.78. The fourth-order valence-electron chi connectivity index (χ4n) is 3.88. The van der Waals surface area contributed by atoms with Crippen LogP contribution < -0.4 is 21.7 Å². The van der Waals surface area contributed by atoms with Gasteiger partial charge in [0.15, 0.2) is 6.61 Å². The van der Waals surface area contributed by atoms with E-state index < -0.39 is 35.2 Å². The molecule has 10 nitrogen and oxygen atoms in total. The number of aromatic nitrogens is 2. The highest BCUT2D eigenvalue weighted by molar-refractivity contribution is 6.03. The van der Waals surface area contributed by atoms with Crippen LogP contribution in [0.5, 0.6) is 5.75 Å². The number of esters is 1. The number of Topliss-reactive ketones (excluding diaryl/α,β-unsaturated/α-hetero) is 1. The van der Waals surface area contributed by atoms with Crippen LogP contribution in [0.3, 0.4) is 0 Å². The van der Waals surface area contributed by atoms with Gasteiger partial charge in [-0.05, 0) is 37.6 Å². The van der Waals surface area contributed by atoms with Crippen LogP contribution in [-0.4, -0.2) is 34.1 Å². The molecule has 186 valence electrons. The Morgan fingerprint density at radius 1 is 1.08 bits per heavy atom. The van der Waals surface area contributed by atoms with Crippen molar-refractivity contribution < 1.29 is 23.5 Å². The molecule has 0 bridgehead atoms. The molecule has 0 saturated carbocycles. The van der Waals surface area contributed by atoms with E-state index in [0.29, 0.717) is 28.9 Å². The molecule has 0 atom stereocenters. The molecule has 0 spiro atoms. The van der Waals surface area contributed by atoms with Crippen LogP contribution in [0.25, 0.3) is 11.0 Å². The van der Waals surface area contributed by atoms with Gasteiger partial charge in [0.25, 0.3) is 5.56 Å². The van der Waals surface area contributed by atoms with E-state index in [1.165, 1.54) is 7.05 Å². The number of furan rings is 1. The standard InChI is InChI=1S/C26H25N3O7/c1-4-34-17-10-11-20-18(12-17)15(2)22(36-20)25(32)35-14-19(30)21-23(27)29(26(33)28(3)24(21)31)13-16-8-6-5-7-9-16/h5-12H,4,13-14,27H2,1-3H3. The van der Waals surface area contributed by atoms with E-state index in [4.69, 9.17) is 19.6 Å². The molecule has 0 saturated heterocycles. The zero-order chi connectivity index (χ0) is 26.0. The Bertz CT molecular complexity index is 1580. The minimum atomic E-state index is -0.872. The Balaban J connectivity index is 1.59. The van der Waals surface area contributed by atoms with Crippen LogP contribution in [0.4, 0.5) is 5.82 Å². The second-order valence-electron chi connectivity index (χ2n) is 8.13. The highest BCUT2D eigenvalue weighted by atomic mass is 16.5. The summed E-state index contributed by atoms with van der Waals surface area (Å²) in [6.07, 6.45) is 0. The molecule has 2 N–H and O–H groups in total. The number of anilines is 1. The van der Waals surface area contributed by atoms with Crippen molar-refractivity contribution >= 4 is 28.5 Å². The van der Waals surface area contributed by atoms with Crippen LogP contribution in [0.15, 0.2) is 62.5 Å². The lowest BCUT2D eigenvalue weighted by Gasteiger charge is -2.14. The van der Waals surface area contributed by atoms with Crippen molar-refractivity contribution in [2.24, 2.45) is 7.05 Å². The van der Waals surface area contributed by atoms with Crippen molar-refractivity contribution in [2.45, 2.75) is 20.4 Å². The van der Waals surface area contributed by atoms with Crippen LogP contribution in [-0.2, 0) is 18.3 Å². The molecule has 2 heterocycles. The Morgan fingerprint density at radius 2 is 1.81 bits per heavy atom. The molecule has 4 rings (SSSR count). The van der Waals surface area contributed by atoms with Gasteiger partial charge in [-0.2, -0.15) is 0 Å². The molecular formula is C26H25N3O7. The van der Waals surface area contributed by atoms with Gasteiger partial charge in [0.1, 0.15) is 22.7 Å². The van der Waals surface area contributed by atoms with Gasteiger partial charge in [-0.3, -0.25) is 18.7 Å². The smallest absolute Gasteiger partial charge is 0.375 e. The van der Waals surface area contributed by atoms with Crippen molar-refractivity contribution in [3.63, 3.8) is 0 Å². The van der Waals surface area contributed by atoms with Gasteiger partial charge in [0, 0.05) is 18.0 Å². The molecule has 0 radical (unpaired) electrons. The van der Waals surface area contributed by atoms with Gasteiger partial charge in [0.05, 0.1) is 13.2 Å². The highest BCUT2D eigenvalue weighted by Crippen LogP contribution is 2.29. The molecule has 0 aliphatic heterocycles. The molecule has 0 aliphatic carbocycles. The van der Waals surface area contributed by atoms with Gasteiger partial charge < -0.3 is 19.6 Å². The Morgan fingerprint density at radius 3 is 2.50 bits per heavy atom. The molecule has 0 unspecified atom stereocenters.